The number of aliphatic hydroxyl groups excluding tert-OH is 1. The normalized spacial score (nSPS) is 19.2. The van der Waals surface area contributed by atoms with Gasteiger partial charge in [0.1, 0.15) is 5.69 Å². The third-order valence-electron chi connectivity index (χ3n) is 6.77. The van der Waals surface area contributed by atoms with Crippen molar-refractivity contribution in [2.75, 3.05) is 37.6 Å². The largest absolute Gasteiger partial charge is 0.392 e. The molecule has 2 aliphatic heterocycles. The summed E-state index contributed by atoms with van der Waals surface area (Å²) >= 11 is 0. The average Bonchev–Trinajstić information content (AvgIpc) is 2.88. The number of carbonyl (C=O) groups excluding carboxylic acids is 1. The Morgan fingerprint density at radius 3 is 2.52 bits per heavy atom. The lowest BCUT2D eigenvalue weighted by Gasteiger charge is -2.43. The molecule has 0 radical (unpaired) electrons. The molecule has 2 aromatic heterocycles. The number of anilines is 1. The molecule has 0 bridgehead atoms. The molecule has 33 heavy (non-hydrogen) atoms. The smallest absolute Gasteiger partial charge is 0.320 e. The van der Waals surface area contributed by atoms with Crippen molar-refractivity contribution >= 4 is 22.6 Å². The summed E-state index contributed by atoms with van der Waals surface area (Å²) in [6, 6.07) is 9.96. The minimum absolute atomic E-state index is 0.0139. The van der Waals surface area contributed by atoms with Gasteiger partial charge in [-0.2, -0.15) is 0 Å². The highest BCUT2D eigenvalue weighted by atomic mass is 16.3. The van der Waals surface area contributed by atoms with Crippen molar-refractivity contribution in [1.29, 1.82) is 0 Å². The van der Waals surface area contributed by atoms with E-state index in [1.807, 2.05) is 46.3 Å². The Bertz CT molecular complexity index is 1130. The van der Waals surface area contributed by atoms with Crippen LogP contribution in [-0.2, 0) is 6.61 Å². The Balaban J connectivity index is 1.40. The van der Waals surface area contributed by atoms with Crippen LogP contribution in [0, 0.1) is 0 Å². The standard InChI is InChI=1S/C25H30N6O2/c1-18-16-30(13-14-31(18)25(33)29-11-3-2-4-12-29)24-22-15-26-10-9-21(22)23(27-28-24)20-7-5-19(17-32)6-8-20/h5-10,15,18,32H,2-4,11-14,16-17H2,1H3/t18-/m0/s1. The van der Waals surface area contributed by atoms with Gasteiger partial charge in [-0.3, -0.25) is 4.98 Å². The number of carbonyl (C=O) groups is 1. The van der Waals surface area contributed by atoms with Gasteiger partial charge in [-0.15, -0.1) is 10.2 Å². The number of amides is 2. The number of hydrogen-bond acceptors (Lipinski definition) is 6. The van der Waals surface area contributed by atoms with Gasteiger partial charge in [0, 0.05) is 67.5 Å². The molecular weight excluding hydrogens is 416 g/mol. The van der Waals surface area contributed by atoms with E-state index in [1.54, 1.807) is 6.20 Å². The van der Waals surface area contributed by atoms with Gasteiger partial charge < -0.3 is 19.8 Å². The zero-order valence-electron chi connectivity index (χ0n) is 19.0. The Morgan fingerprint density at radius 2 is 1.79 bits per heavy atom. The molecule has 0 saturated carbocycles. The molecule has 0 aliphatic carbocycles. The first-order valence-electron chi connectivity index (χ1n) is 11.8. The number of fused-ring (bicyclic) bond motifs is 1. The summed E-state index contributed by atoms with van der Waals surface area (Å²) in [7, 11) is 0. The van der Waals surface area contributed by atoms with Gasteiger partial charge in [0.15, 0.2) is 5.82 Å². The zero-order chi connectivity index (χ0) is 22.8. The van der Waals surface area contributed by atoms with E-state index in [4.69, 9.17) is 0 Å². The minimum atomic E-state index is 0.0139. The second-order valence-electron chi connectivity index (χ2n) is 8.97. The van der Waals surface area contributed by atoms with Gasteiger partial charge in [-0.25, -0.2) is 4.79 Å². The fourth-order valence-corrected chi connectivity index (χ4v) is 4.90. The first-order valence-corrected chi connectivity index (χ1v) is 11.8. The molecule has 1 aromatic carbocycles. The molecule has 2 saturated heterocycles. The molecule has 4 heterocycles. The molecule has 2 fully saturated rings. The number of likely N-dealkylation sites (tertiary alicyclic amines) is 1. The number of piperidine rings is 1. The molecule has 8 nitrogen and oxygen atoms in total. The average molecular weight is 447 g/mol. The van der Waals surface area contributed by atoms with Gasteiger partial charge in [-0.05, 0) is 37.8 Å². The highest BCUT2D eigenvalue weighted by molar-refractivity contribution is 5.99. The third kappa shape index (κ3) is 4.23. The van der Waals surface area contributed by atoms with E-state index >= 15 is 0 Å². The van der Waals surface area contributed by atoms with Crippen molar-refractivity contribution in [1.82, 2.24) is 25.0 Å². The van der Waals surface area contributed by atoms with Crippen molar-refractivity contribution in [3.63, 3.8) is 0 Å². The number of piperazine rings is 1. The molecule has 0 unspecified atom stereocenters. The van der Waals surface area contributed by atoms with Crippen LogP contribution in [0.15, 0.2) is 42.7 Å². The Labute approximate surface area is 193 Å². The summed E-state index contributed by atoms with van der Waals surface area (Å²) in [5.41, 5.74) is 2.61. The lowest BCUT2D eigenvalue weighted by Crippen LogP contribution is -2.58. The van der Waals surface area contributed by atoms with Gasteiger partial charge >= 0.3 is 6.03 Å². The fourth-order valence-electron chi connectivity index (χ4n) is 4.90. The highest BCUT2D eigenvalue weighted by Crippen LogP contribution is 2.32. The number of benzene rings is 1. The van der Waals surface area contributed by atoms with E-state index in [-0.39, 0.29) is 18.7 Å². The number of urea groups is 1. The maximum absolute atomic E-state index is 13.0. The first-order chi connectivity index (χ1) is 16.2. The van der Waals surface area contributed by atoms with Crippen molar-refractivity contribution in [2.24, 2.45) is 0 Å². The van der Waals surface area contributed by atoms with E-state index in [2.05, 4.69) is 27.0 Å². The number of rotatable bonds is 3. The maximum atomic E-state index is 13.0. The predicted molar refractivity (Wildman–Crippen MR) is 128 cm³/mol. The number of hydrogen-bond donors (Lipinski definition) is 1. The van der Waals surface area contributed by atoms with Crippen LogP contribution in [0.5, 0.6) is 0 Å². The van der Waals surface area contributed by atoms with Crippen LogP contribution in [0.1, 0.15) is 31.7 Å². The summed E-state index contributed by atoms with van der Waals surface area (Å²) in [6.45, 7) is 5.96. The van der Waals surface area contributed by atoms with Gasteiger partial charge in [0.05, 0.1) is 6.61 Å². The van der Waals surface area contributed by atoms with Crippen molar-refractivity contribution in [3.8, 4) is 11.3 Å². The second-order valence-corrected chi connectivity index (χ2v) is 8.97. The minimum Gasteiger partial charge on any atom is -0.392 e. The van der Waals surface area contributed by atoms with Crippen molar-refractivity contribution < 1.29 is 9.90 Å². The SMILES string of the molecule is C[C@H]1CN(c2nnc(-c3ccc(CO)cc3)c3ccncc23)CCN1C(=O)N1CCCCC1. The highest BCUT2D eigenvalue weighted by Gasteiger charge is 2.32. The Hall–Kier alpha value is -3.26. The van der Waals surface area contributed by atoms with Crippen molar-refractivity contribution in [2.45, 2.75) is 38.8 Å². The predicted octanol–water partition coefficient (Wildman–Crippen LogP) is 3.30. The molecular formula is C25H30N6O2. The first kappa shape index (κ1) is 21.6. The fraction of sp³-hybridized carbons (Fsp3) is 0.440. The molecule has 2 amide bonds. The van der Waals surface area contributed by atoms with Crippen LogP contribution in [0.4, 0.5) is 10.6 Å². The molecule has 172 valence electrons. The lowest BCUT2D eigenvalue weighted by molar-refractivity contribution is 0.123. The molecule has 8 heteroatoms. The monoisotopic (exact) mass is 446 g/mol. The summed E-state index contributed by atoms with van der Waals surface area (Å²) in [6.07, 6.45) is 7.04. The van der Waals surface area contributed by atoms with E-state index in [9.17, 15) is 9.90 Å². The molecule has 3 aromatic rings. The van der Waals surface area contributed by atoms with Crippen LogP contribution < -0.4 is 4.90 Å². The topological polar surface area (TPSA) is 85.7 Å². The van der Waals surface area contributed by atoms with E-state index in [0.717, 1.165) is 59.3 Å². The van der Waals surface area contributed by atoms with E-state index in [1.165, 1.54) is 6.42 Å². The molecule has 2 aliphatic rings. The van der Waals surface area contributed by atoms with E-state index in [0.29, 0.717) is 19.6 Å². The van der Waals surface area contributed by atoms with Crippen LogP contribution >= 0.6 is 0 Å². The lowest BCUT2D eigenvalue weighted by atomic mass is 10.0. The third-order valence-corrected chi connectivity index (χ3v) is 6.77. The van der Waals surface area contributed by atoms with Gasteiger partial charge in [0.25, 0.3) is 0 Å². The van der Waals surface area contributed by atoms with Crippen LogP contribution in [-0.4, -0.2) is 74.9 Å². The maximum Gasteiger partial charge on any atom is 0.320 e. The number of pyridine rings is 1. The summed E-state index contributed by atoms with van der Waals surface area (Å²) in [4.78, 5) is 23.6. The Kier molecular flexibility index (Phi) is 6.09. The molecule has 1 N–H and O–H groups in total. The molecule has 5 rings (SSSR count). The van der Waals surface area contributed by atoms with Crippen LogP contribution in [0.3, 0.4) is 0 Å². The number of aliphatic hydroxyl groups is 1. The van der Waals surface area contributed by atoms with E-state index < -0.39 is 0 Å². The summed E-state index contributed by atoms with van der Waals surface area (Å²) in [5.74, 6) is 0.811. The molecule has 0 spiro atoms. The van der Waals surface area contributed by atoms with Gasteiger partial charge in [-0.1, -0.05) is 24.3 Å². The Morgan fingerprint density at radius 1 is 1.00 bits per heavy atom. The van der Waals surface area contributed by atoms with Crippen molar-refractivity contribution in [3.05, 3.63) is 48.3 Å². The second kappa shape index (κ2) is 9.31. The summed E-state index contributed by atoms with van der Waals surface area (Å²) < 4.78 is 0. The summed E-state index contributed by atoms with van der Waals surface area (Å²) in [5, 5.41) is 20.5. The quantitative estimate of drug-likeness (QED) is 0.664. The zero-order valence-corrected chi connectivity index (χ0v) is 19.0. The van der Waals surface area contributed by atoms with Crippen LogP contribution in [0.2, 0.25) is 0 Å². The van der Waals surface area contributed by atoms with Crippen LogP contribution in [0.25, 0.3) is 22.0 Å². The number of nitrogens with zero attached hydrogens (tertiary/aromatic N) is 6. The van der Waals surface area contributed by atoms with Gasteiger partial charge in [0.2, 0.25) is 0 Å². The number of aromatic nitrogens is 3. The molecule has 1 atom stereocenters.